The van der Waals surface area contributed by atoms with Crippen molar-refractivity contribution in [2.24, 2.45) is 5.92 Å². The quantitative estimate of drug-likeness (QED) is 0.677. The Morgan fingerprint density at radius 2 is 2.25 bits per heavy atom. The zero-order valence-electron chi connectivity index (χ0n) is 8.05. The molecule has 2 heteroatoms. The summed E-state index contributed by atoms with van der Waals surface area (Å²) in [5.74, 6) is 0.782. The third-order valence-corrected chi connectivity index (χ3v) is 3.55. The summed E-state index contributed by atoms with van der Waals surface area (Å²) in [4.78, 5) is 0. The van der Waals surface area contributed by atoms with Crippen LogP contribution in [0.1, 0.15) is 32.6 Å². The highest BCUT2D eigenvalue weighted by Crippen LogP contribution is 2.35. The maximum Gasteiger partial charge on any atom is 0.0629 e. The summed E-state index contributed by atoms with van der Waals surface area (Å²) in [5, 5.41) is 3.69. The second kappa shape index (κ2) is 3.35. The topological polar surface area (TPSA) is 21.3 Å². The van der Waals surface area contributed by atoms with E-state index < -0.39 is 0 Å². The van der Waals surface area contributed by atoms with Gasteiger partial charge < -0.3 is 10.1 Å². The van der Waals surface area contributed by atoms with Crippen molar-refractivity contribution >= 4 is 0 Å². The molecule has 1 saturated carbocycles. The van der Waals surface area contributed by atoms with E-state index in [1.807, 2.05) is 7.11 Å². The molecule has 0 spiro atoms. The van der Waals surface area contributed by atoms with Crippen LogP contribution in [0, 0.1) is 5.92 Å². The second-order valence-electron chi connectivity index (χ2n) is 4.13. The number of nitrogens with one attached hydrogen (secondary N) is 1. The van der Waals surface area contributed by atoms with Crippen molar-refractivity contribution in [3.63, 3.8) is 0 Å². The van der Waals surface area contributed by atoms with Crippen LogP contribution in [0.2, 0.25) is 0 Å². The summed E-state index contributed by atoms with van der Waals surface area (Å²) in [6.45, 7) is 2.27. The molecule has 0 radical (unpaired) electrons. The first kappa shape index (κ1) is 8.52. The maximum atomic E-state index is 5.52. The van der Waals surface area contributed by atoms with Crippen molar-refractivity contribution in [1.29, 1.82) is 0 Å². The minimum atomic E-state index is 0.537. The van der Waals surface area contributed by atoms with Crippen LogP contribution >= 0.6 is 0 Å². The third kappa shape index (κ3) is 1.27. The van der Waals surface area contributed by atoms with Crippen LogP contribution < -0.4 is 5.32 Å². The van der Waals surface area contributed by atoms with Crippen molar-refractivity contribution in [2.45, 2.75) is 50.8 Å². The van der Waals surface area contributed by atoms with E-state index in [0.717, 1.165) is 18.0 Å². The fourth-order valence-corrected chi connectivity index (χ4v) is 2.88. The summed E-state index contributed by atoms with van der Waals surface area (Å²) in [7, 11) is 1.86. The van der Waals surface area contributed by atoms with Gasteiger partial charge >= 0.3 is 0 Å². The molecule has 3 aliphatic rings. The molecule has 0 aromatic rings. The number of fused-ring (bicyclic) bond motifs is 3. The van der Waals surface area contributed by atoms with Gasteiger partial charge in [0.1, 0.15) is 0 Å². The summed E-state index contributed by atoms with van der Waals surface area (Å²) in [6, 6.07) is 1.47. The standard InChI is InChI=1S/C10H19NO/c1-3-9-8-5-4-7(11-9)6-10(8)12-2/h7-11H,3-6H2,1-2H3. The van der Waals surface area contributed by atoms with Gasteiger partial charge in [0.05, 0.1) is 6.10 Å². The minimum absolute atomic E-state index is 0.537. The van der Waals surface area contributed by atoms with Gasteiger partial charge in [-0.2, -0.15) is 0 Å². The van der Waals surface area contributed by atoms with Crippen LogP contribution in [0.15, 0.2) is 0 Å². The number of piperidine rings is 2. The second-order valence-corrected chi connectivity index (χ2v) is 4.13. The van der Waals surface area contributed by atoms with E-state index in [9.17, 15) is 0 Å². The van der Waals surface area contributed by atoms with Gasteiger partial charge in [-0.25, -0.2) is 0 Å². The molecule has 12 heavy (non-hydrogen) atoms. The highest BCUT2D eigenvalue weighted by atomic mass is 16.5. The average Bonchev–Trinajstić information content (AvgIpc) is 2.18. The van der Waals surface area contributed by atoms with E-state index in [2.05, 4.69) is 12.2 Å². The third-order valence-electron chi connectivity index (χ3n) is 3.55. The van der Waals surface area contributed by atoms with Crippen LogP contribution in [0.3, 0.4) is 0 Å². The fourth-order valence-electron chi connectivity index (χ4n) is 2.88. The zero-order valence-corrected chi connectivity index (χ0v) is 8.05. The van der Waals surface area contributed by atoms with Gasteiger partial charge in [0, 0.05) is 25.1 Å². The molecule has 70 valence electrons. The Morgan fingerprint density at radius 3 is 2.83 bits per heavy atom. The van der Waals surface area contributed by atoms with Crippen LogP contribution in [0.25, 0.3) is 0 Å². The summed E-state index contributed by atoms with van der Waals surface area (Å²) >= 11 is 0. The Labute approximate surface area is 74.7 Å². The van der Waals surface area contributed by atoms with Crippen molar-refractivity contribution < 1.29 is 4.74 Å². The molecular weight excluding hydrogens is 150 g/mol. The molecule has 2 nitrogen and oxygen atoms in total. The fraction of sp³-hybridized carbons (Fsp3) is 1.00. The van der Waals surface area contributed by atoms with Gasteiger partial charge in [-0.05, 0) is 25.7 Å². The first-order valence-corrected chi connectivity index (χ1v) is 5.14. The van der Waals surface area contributed by atoms with Crippen molar-refractivity contribution in [3.05, 3.63) is 0 Å². The highest BCUT2D eigenvalue weighted by molar-refractivity contribution is 4.97. The molecule has 2 aliphatic heterocycles. The van der Waals surface area contributed by atoms with E-state index in [-0.39, 0.29) is 0 Å². The number of hydrogen-bond donors (Lipinski definition) is 1. The van der Waals surface area contributed by atoms with Gasteiger partial charge in [0.2, 0.25) is 0 Å². The van der Waals surface area contributed by atoms with E-state index in [0.29, 0.717) is 6.10 Å². The lowest BCUT2D eigenvalue weighted by atomic mass is 9.73. The van der Waals surface area contributed by atoms with Gasteiger partial charge in [0.25, 0.3) is 0 Å². The van der Waals surface area contributed by atoms with E-state index >= 15 is 0 Å². The first-order valence-electron chi connectivity index (χ1n) is 5.14. The van der Waals surface area contributed by atoms with E-state index in [1.165, 1.54) is 25.7 Å². The summed E-state index contributed by atoms with van der Waals surface area (Å²) in [6.07, 6.45) is 5.75. The van der Waals surface area contributed by atoms with Crippen LogP contribution in [0.5, 0.6) is 0 Å². The molecule has 2 bridgehead atoms. The molecule has 0 amide bonds. The SMILES string of the molecule is CCC1NC2CCC1C(OC)C2. The average molecular weight is 169 g/mol. The maximum absolute atomic E-state index is 5.52. The predicted molar refractivity (Wildman–Crippen MR) is 49.1 cm³/mol. The molecule has 3 rings (SSSR count). The Bertz CT molecular complexity index is 146. The molecule has 2 saturated heterocycles. The molecule has 3 fully saturated rings. The van der Waals surface area contributed by atoms with Crippen molar-refractivity contribution in [1.82, 2.24) is 5.32 Å². The van der Waals surface area contributed by atoms with Gasteiger partial charge in [-0.15, -0.1) is 0 Å². The van der Waals surface area contributed by atoms with Gasteiger partial charge in [-0.3, -0.25) is 0 Å². The van der Waals surface area contributed by atoms with E-state index in [4.69, 9.17) is 4.74 Å². The monoisotopic (exact) mass is 169 g/mol. The molecule has 4 unspecified atom stereocenters. The van der Waals surface area contributed by atoms with Gasteiger partial charge in [0.15, 0.2) is 0 Å². The van der Waals surface area contributed by atoms with Crippen LogP contribution in [-0.2, 0) is 4.74 Å². The van der Waals surface area contributed by atoms with Crippen LogP contribution in [0.4, 0.5) is 0 Å². The molecule has 4 atom stereocenters. The molecule has 0 aromatic heterocycles. The van der Waals surface area contributed by atoms with E-state index in [1.54, 1.807) is 0 Å². The summed E-state index contributed by atoms with van der Waals surface area (Å²) < 4.78 is 5.52. The molecule has 0 aromatic carbocycles. The Kier molecular flexibility index (Phi) is 2.37. The number of methoxy groups -OCH3 is 1. The number of hydrogen-bond acceptors (Lipinski definition) is 2. The molecule has 1 N–H and O–H groups in total. The highest BCUT2D eigenvalue weighted by Gasteiger charge is 2.40. The Balaban J connectivity index is 2.05. The smallest absolute Gasteiger partial charge is 0.0629 e. The van der Waals surface area contributed by atoms with Crippen molar-refractivity contribution in [2.75, 3.05) is 7.11 Å². The summed E-state index contributed by atoms with van der Waals surface area (Å²) in [5.41, 5.74) is 0. The largest absolute Gasteiger partial charge is 0.381 e. The molecule has 1 aliphatic carbocycles. The van der Waals surface area contributed by atoms with Crippen molar-refractivity contribution in [3.8, 4) is 0 Å². The number of ether oxygens (including phenoxy) is 1. The normalized spacial score (nSPS) is 46.5. The zero-order chi connectivity index (χ0) is 8.55. The first-order chi connectivity index (χ1) is 5.85. The lowest BCUT2D eigenvalue weighted by Crippen LogP contribution is -2.58. The predicted octanol–water partition coefficient (Wildman–Crippen LogP) is 1.55. The Morgan fingerprint density at radius 1 is 1.42 bits per heavy atom. The van der Waals surface area contributed by atoms with Crippen LogP contribution in [-0.4, -0.2) is 25.3 Å². The number of rotatable bonds is 2. The lowest BCUT2D eigenvalue weighted by molar-refractivity contribution is -0.0366. The molecular formula is C10H19NO. The van der Waals surface area contributed by atoms with Gasteiger partial charge in [-0.1, -0.05) is 6.92 Å². The lowest BCUT2D eigenvalue weighted by Gasteiger charge is -2.47. The minimum Gasteiger partial charge on any atom is -0.381 e. The molecule has 2 heterocycles. The Hall–Kier alpha value is -0.0800.